The number of hydrogen-bond acceptors (Lipinski definition) is 5. The van der Waals surface area contributed by atoms with Gasteiger partial charge >= 0.3 is 0 Å². The van der Waals surface area contributed by atoms with Crippen LogP contribution >= 0.6 is 11.3 Å². The number of rotatable bonds is 1. The standard InChI is InChI=1S/C16H13N3OS/c1-8-5-12-13(6-9(8)2)20-15(18-12)10-3-4-11-14(7-10)21-16(17)19-11/h3-7H,1-2H3,(H2,17,19). The molecule has 0 bridgehead atoms. The van der Waals surface area contributed by atoms with Crippen LogP contribution in [-0.2, 0) is 0 Å². The van der Waals surface area contributed by atoms with Gasteiger partial charge in [0.15, 0.2) is 10.7 Å². The number of anilines is 1. The molecule has 0 amide bonds. The Morgan fingerprint density at radius 3 is 2.67 bits per heavy atom. The SMILES string of the molecule is Cc1cc2nc(-c3ccc4nc(N)sc4c3)oc2cc1C. The van der Waals surface area contributed by atoms with Crippen LogP contribution in [0.2, 0.25) is 0 Å². The molecule has 0 radical (unpaired) electrons. The molecular formula is C16H13N3OS. The maximum absolute atomic E-state index is 5.89. The van der Waals surface area contributed by atoms with Crippen molar-refractivity contribution in [3.8, 4) is 11.5 Å². The number of benzene rings is 2. The molecule has 0 spiro atoms. The van der Waals surface area contributed by atoms with Crippen LogP contribution in [-0.4, -0.2) is 9.97 Å². The Morgan fingerprint density at radius 1 is 1.00 bits per heavy atom. The van der Waals surface area contributed by atoms with Crippen molar-refractivity contribution in [2.45, 2.75) is 13.8 Å². The summed E-state index contributed by atoms with van der Waals surface area (Å²) >= 11 is 1.47. The quantitative estimate of drug-likeness (QED) is 0.568. The number of oxazole rings is 1. The van der Waals surface area contributed by atoms with E-state index in [1.54, 1.807) is 0 Å². The van der Waals surface area contributed by atoms with Crippen LogP contribution in [0.3, 0.4) is 0 Å². The van der Waals surface area contributed by atoms with Crippen molar-refractivity contribution >= 4 is 37.8 Å². The van der Waals surface area contributed by atoms with Crippen molar-refractivity contribution in [3.05, 3.63) is 41.5 Å². The molecule has 4 aromatic rings. The van der Waals surface area contributed by atoms with Gasteiger partial charge in [-0.15, -0.1) is 0 Å². The Morgan fingerprint density at radius 2 is 1.81 bits per heavy atom. The largest absolute Gasteiger partial charge is 0.436 e. The molecular weight excluding hydrogens is 282 g/mol. The van der Waals surface area contributed by atoms with Gasteiger partial charge in [-0.3, -0.25) is 0 Å². The van der Waals surface area contributed by atoms with Crippen LogP contribution in [0.1, 0.15) is 11.1 Å². The fourth-order valence-corrected chi connectivity index (χ4v) is 3.15. The van der Waals surface area contributed by atoms with E-state index in [2.05, 4.69) is 29.9 Å². The summed E-state index contributed by atoms with van der Waals surface area (Å²) in [6.45, 7) is 4.15. The van der Waals surface area contributed by atoms with Crippen LogP contribution < -0.4 is 5.73 Å². The summed E-state index contributed by atoms with van der Waals surface area (Å²) in [7, 11) is 0. The van der Waals surface area contributed by atoms with Gasteiger partial charge in [-0.1, -0.05) is 11.3 Å². The molecule has 0 unspecified atom stereocenters. The lowest BCUT2D eigenvalue weighted by atomic mass is 10.1. The van der Waals surface area contributed by atoms with Crippen molar-refractivity contribution < 1.29 is 4.42 Å². The average molecular weight is 295 g/mol. The topological polar surface area (TPSA) is 64.9 Å². The molecule has 2 aromatic carbocycles. The monoisotopic (exact) mass is 295 g/mol. The number of fused-ring (bicyclic) bond motifs is 2. The highest BCUT2D eigenvalue weighted by Crippen LogP contribution is 2.31. The minimum atomic E-state index is 0.575. The fraction of sp³-hybridized carbons (Fsp3) is 0.125. The van der Waals surface area contributed by atoms with Crippen molar-refractivity contribution in [1.29, 1.82) is 0 Å². The number of nitrogen functional groups attached to an aromatic ring is 1. The van der Waals surface area contributed by atoms with Gasteiger partial charge in [0.2, 0.25) is 5.89 Å². The molecule has 4 nitrogen and oxygen atoms in total. The lowest BCUT2D eigenvalue weighted by Gasteiger charge is -1.96. The normalized spacial score (nSPS) is 11.5. The van der Waals surface area contributed by atoms with E-state index in [0.717, 1.165) is 26.9 Å². The Labute approximate surface area is 125 Å². The van der Waals surface area contributed by atoms with Gasteiger partial charge in [-0.05, 0) is 55.3 Å². The molecule has 4 rings (SSSR count). The predicted octanol–water partition coefficient (Wildman–Crippen LogP) is 4.30. The summed E-state index contributed by atoms with van der Waals surface area (Å²) < 4.78 is 6.93. The average Bonchev–Trinajstić information content (AvgIpc) is 3.00. The summed E-state index contributed by atoms with van der Waals surface area (Å²) in [5, 5.41) is 0.575. The van der Waals surface area contributed by atoms with Crippen LogP contribution in [0.15, 0.2) is 34.7 Å². The Hall–Kier alpha value is -2.40. The van der Waals surface area contributed by atoms with Crippen LogP contribution in [0.5, 0.6) is 0 Å². The van der Waals surface area contributed by atoms with Gasteiger partial charge in [0.25, 0.3) is 0 Å². The first-order valence-corrected chi connectivity index (χ1v) is 7.46. The van der Waals surface area contributed by atoms with Gasteiger partial charge < -0.3 is 10.2 Å². The first-order chi connectivity index (χ1) is 10.1. The van der Waals surface area contributed by atoms with Crippen molar-refractivity contribution in [2.75, 3.05) is 5.73 Å². The minimum Gasteiger partial charge on any atom is -0.436 e. The van der Waals surface area contributed by atoms with Gasteiger partial charge in [0, 0.05) is 5.56 Å². The molecule has 0 saturated heterocycles. The highest BCUT2D eigenvalue weighted by Gasteiger charge is 2.11. The van der Waals surface area contributed by atoms with Crippen molar-refractivity contribution in [2.24, 2.45) is 0 Å². The fourth-order valence-electron chi connectivity index (χ4n) is 2.38. The lowest BCUT2D eigenvalue weighted by Crippen LogP contribution is -1.80. The van der Waals surface area contributed by atoms with Crippen LogP contribution in [0.4, 0.5) is 5.13 Å². The van der Waals surface area contributed by atoms with Crippen molar-refractivity contribution in [3.63, 3.8) is 0 Å². The third-order valence-electron chi connectivity index (χ3n) is 3.66. The second-order valence-electron chi connectivity index (χ2n) is 5.16. The molecule has 5 heteroatoms. The second-order valence-corrected chi connectivity index (χ2v) is 6.22. The van der Waals surface area contributed by atoms with E-state index < -0.39 is 0 Å². The van der Waals surface area contributed by atoms with E-state index in [9.17, 15) is 0 Å². The zero-order valence-electron chi connectivity index (χ0n) is 11.7. The van der Waals surface area contributed by atoms with Crippen molar-refractivity contribution in [1.82, 2.24) is 9.97 Å². The van der Waals surface area contributed by atoms with Gasteiger partial charge in [0.1, 0.15) is 5.52 Å². The predicted molar refractivity (Wildman–Crippen MR) is 86.5 cm³/mol. The molecule has 2 aromatic heterocycles. The number of hydrogen-bond donors (Lipinski definition) is 1. The van der Waals surface area contributed by atoms with Gasteiger partial charge in [-0.2, -0.15) is 0 Å². The lowest BCUT2D eigenvalue weighted by molar-refractivity contribution is 0.619. The van der Waals surface area contributed by atoms with E-state index in [4.69, 9.17) is 10.2 Å². The molecule has 0 aliphatic rings. The summed E-state index contributed by atoms with van der Waals surface area (Å²) in [6.07, 6.45) is 0. The molecule has 0 aliphatic heterocycles. The number of nitrogens with two attached hydrogens (primary N) is 1. The maximum atomic E-state index is 5.89. The molecule has 21 heavy (non-hydrogen) atoms. The first kappa shape index (κ1) is 12.3. The third-order valence-corrected chi connectivity index (χ3v) is 4.50. The molecule has 0 aliphatic carbocycles. The molecule has 104 valence electrons. The molecule has 0 atom stereocenters. The summed E-state index contributed by atoms with van der Waals surface area (Å²) in [6, 6.07) is 10.0. The third kappa shape index (κ3) is 1.97. The second kappa shape index (κ2) is 4.30. The zero-order valence-corrected chi connectivity index (χ0v) is 12.5. The number of aromatic nitrogens is 2. The molecule has 0 saturated carbocycles. The van der Waals surface area contributed by atoms with E-state index in [1.807, 2.05) is 24.3 Å². The minimum absolute atomic E-state index is 0.575. The Kier molecular flexibility index (Phi) is 2.53. The van der Waals surface area contributed by atoms with E-state index in [0.29, 0.717) is 11.0 Å². The van der Waals surface area contributed by atoms with E-state index >= 15 is 0 Å². The van der Waals surface area contributed by atoms with E-state index in [1.165, 1.54) is 22.5 Å². The Balaban J connectivity index is 1.90. The van der Waals surface area contributed by atoms with Gasteiger partial charge in [0.05, 0.1) is 10.2 Å². The van der Waals surface area contributed by atoms with Crippen LogP contribution in [0, 0.1) is 13.8 Å². The summed E-state index contributed by atoms with van der Waals surface area (Å²) in [5.74, 6) is 0.629. The molecule has 0 fully saturated rings. The number of thiazole rings is 1. The summed E-state index contributed by atoms with van der Waals surface area (Å²) in [4.78, 5) is 8.84. The van der Waals surface area contributed by atoms with E-state index in [-0.39, 0.29) is 0 Å². The number of nitrogens with zero attached hydrogens (tertiary/aromatic N) is 2. The van der Waals surface area contributed by atoms with Gasteiger partial charge in [-0.25, -0.2) is 9.97 Å². The number of aryl methyl sites for hydroxylation is 2. The Bertz CT molecular complexity index is 945. The molecule has 2 heterocycles. The molecule has 2 N–H and O–H groups in total. The summed E-state index contributed by atoms with van der Waals surface area (Å²) in [5.41, 5.74) is 11.7. The highest BCUT2D eigenvalue weighted by atomic mass is 32.1. The smallest absolute Gasteiger partial charge is 0.227 e. The highest BCUT2D eigenvalue weighted by molar-refractivity contribution is 7.22. The zero-order chi connectivity index (χ0) is 14.6. The van der Waals surface area contributed by atoms with Crippen LogP contribution in [0.25, 0.3) is 32.8 Å². The first-order valence-electron chi connectivity index (χ1n) is 6.64. The maximum Gasteiger partial charge on any atom is 0.227 e.